The SMILES string of the molecule is CC(C)c1ccc(C(=O)c2ccc(Oc3ccc(C(C)(C)c4cccc(C(C)(C)c5ccc(OC(C)(C)C)cc5)c4)cc3)cc2)cc1. The lowest BCUT2D eigenvalue weighted by Gasteiger charge is -2.31. The number of ketones is 1. The summed E-state index contributed by atoms with van der Waals surface area (Å²) in [6.07, 6.45) is 0. The summed E-state index contributed by atoms with van der Waals surface area (Å²) in [5.41, 5.74) is 6.90. The van der Waals surface area contributed by atoms with Gasteiger partial charge in [0, 0.05) is 22.0 Å². The molecule has 47 heavy (non-hydrogen) atoms. The lowest BCUT2D eigenvalue weighted by molar-refractivity contribution is 0.103. The molecule has 0 saturated heterocycles. The summed E-state index contributed by atoms with van der Waals surface area (Å²) in [5, 5.41) is 0. The van der Waals surface area contributed by atoms with Crippen molar-refractivity contribution >= 4 is 5.78 Å². The standard InChI is InChI=1S/C44H48O3/c1-30(2)31-13-15-32(16-14-31)41(45)33-17-23-38(24-18-33)46-39-25-19-34(20-26-39)43(6,7)36-11-10-12-37(29-36)44(8,9)35-21-27-40(28-22-35)47-42(3,4)5/h10-30H,1-9H3. The first kappa shape index (κ1) is 33.7. The summed E-state index contributed by atoms with van der Waals surface area (Å²) in [6, 6.07) is 41.0. The fourth-order valence-corrected chi connectivity index (χ4v) is 5.86. The highest BCUT2D eigenvalue weighted by Gasteiger charge is 2.28. The maximum Gasteiger partial charge on any atom is 0.193 e. The van der Waals surface area contributed by atoms with Crippen LogP contribution in [0, 0.1) is 0 Å². The highest BCUT2D eigenvalue weighted by atomic mass is 16.5. The van der Waals surface area contributed by atoms with Crippen molar-refractivity contribution in [1.82, 2.24) is 0 Å². The van der Waals surface area contributed by atoms with Gasteiger partial charge in [0.1, 0.15) is 22.8 Å². The summed E-state index contributed by atoms with van der Waals surface area (Å²) < 4.78 is 12.2. The molecule has 0 unspecified atom stereocenters. The lowest BCUT2D eigenvalue weighted by atomic mass is 9.73. The number of carbonyl (C=O) groups excluding carboxylic acids is 1. The molecule has 0 heterocycles. The molecule has 0 radical (unpaired) electrons. The zero-order valence-corrected chi connectivity index (χ0v) is 29.3. The monoisotopic (exact) mass is 624 g/mol. The molecule has 0 N–H and O–H groups in total. The fourth-order valence-electron chi connectivity index (χ4n) is 5.86. The van der Waals surface area contributed by atoms with E-state index >= 15 is 0 Å². The quantitative estimate of drug-likeness (QED) is 0.145. The van der Waals surface area contributed by atoms with Gasteiger partial charge in [-0.3, -0.25) is 4.79 Å². The van der Waals surface area contributed by atoms with E-state index in [1.165, 1.54) is 27.8 Å². The van der Waals surface area contributed by atoms with Crippen molar-refractivity contribution in [3.05, 3.63) is 160 Å². The van der Waals surface area contributed by atoms with Crippen molar-refractivity contribution in [2.24, 2.45) is 0 Å². The minimum atomic E-state index is -0.227. The van der Waals surface area contributed by atoms with Crippen LogP contribution in [0.4, 0.5) is 0 Å². The Kier molecular flexibility index (Phi) is 9.50. The van der Waals surface area contributed by atoms with E-state index in [-0.39, 0.29) is 22.2 Å². The molecule has 0 atom stereocenters. The number of hydrogen-bond acceptors (Lipinski definition) is 3. The topological polar surface area (TPSA) is 35.5 Å². The van der Waals surface area contributed by atoms with Crippen molar-refractivity contribution in [2.45, 2.75) is 84.7 Å². The molecule has 5 aromatic carbocycles. The Morgan fingerprint density at radius 2 is 0.915 bits per heavy atom. The molecule has 5 rings (SSSR count). The highest BCUT2D eigenvalue weighted by Crippen LogP contribution is 2.38. The van der Waals surface area contributed by atoms with Crippen LogP contribution in [0.1, 0.15) is 112 Å². The van der Waals surface area contributed by atoms with E-state index in [0.29, 0.717) is 22.8 Å². The molecule has 5 aromatic rings. The molecule has 3 nitrogen and oxygen atoms in total. The predicted molar refractivity (Wildman–Crippen MR) is 194 cm³/mol. The number of benzene rings is 5. The van der Waals surface area contributed by atoms with Crippen molar-refractivity contribution in [2.75, 3.05) is 0 Å². The Bertz CT molecular complexity index is 1800. The van der Waals surface area contributed by atoms with Gasteiger partial charge in [0.15, 0.2) is 5.78 Å². The molecule has 0 spiro atoms. The zero-order chi connectivity index (χ0) is 34.0. The molecule has 0 fully saturated rings. The molecule has 0 aliphatic heterocycles. The van der Waals surface area contributed by atoms with E-state index in [1.54, 1.807) is 0 Å². The Morgan fingerprint density at radius 3 is 1.34 bits per heavy atom. The summed E-state index contributed by atoms with van der Waals surface area (Å²) >= 11 is 0. The Hall–Kier alpha value is -4.63. The van der Waals surface area contributed by atoms with Gasteiger partial charge in [0.25, 0.3) is 0 Å². The largest absolute Gasteiger partial charge is 0.488 e. The predicted octanol–water partition coefficient (Wildman–Crippen LogP) is 11.7. The summed E-state index contributed by atoms with van der Waals surface area (Å²) in [4.78, 5) is 13.0. The normalized spacial score (nSPS) is 12.2. The lowest BCUT2D eigenvalue weighted by Crippen LogP contribution is -2.24. The van der Waals surface area contributed by atoms with Gasteiger partial charge in [-0.05, 0) is 103 Å². The van der Waals surface area contributed by atoms with Gasteiger partial charge in [-0.2, -0.15) is 0 Å². The molecule has 0 aliphatic carbocycles. The third-order valence-electron chi connectivity index (χ3n) is 9.07. The van der Waals surface area contributed by atoms with Gasteiger partial charge in [-0.25, -0.2) is 0 Å². The van der Waals surface area contributed by atoms with Crippen LogP contribution in [0.25, 0.3) is 0 Å². The molecule has 242 valence electrons. The first-order chi connectivity index (χ1) is 22.1. The molecule has 0 saturated carbocycles. The Labute approximate surface area is 281 Å². The summed E-state index contributed by atoms with van der Waals surface area (Å²) in [5.74, 6) is 2.77. The number of hydrogen-bond donors (Lipinski definition) is 0. The van der Waals surface area contributed by atoms with Crippen LogP contribution in [0.15, 0.2) is 121 Å². The van der Waals surface area contributed by atoms with Crippen LogP contribution in [0.5, 0.6) is 17.2 Å². The van der Waals surface area contributed by atoms with E-state index in [2.05, 4.69) is 123 Å². The number of ether oxygens (including phenoxy) is 2. The van der Waals surface area contributed by atoms with Crippen molar-refractivity contribution < 1.29 is 14.3 Å². The van der Waals surface area contributed by atoms with E-state index in [1.807, 2.05) is 60.7 Å². The van der Waals surface area contributed by atoms with E-state index < -0.39 is 0 Å². The third-order valence-corrected chi connectivity index (χ3v) is 9.07. The van der Waals surface area contributed by atoms with E-state index in [9.17, 15) is 4.79 Å². The van der Waals surface area contributed by atoms with Crippen LogP contribution >= 0.6 is 0 Å². The third kappa shape index (κ3) is 7.85. The molecule has 0 amide bonds. The second-order valence-corrected chi connectivity index (χ2v) is 14.8. The molecular formula is C44H48O3. The molecular weight excluding hydrogens is 576 g/mol. The van der Waals surface area contributed by atoms with Gasteiger partial charge >= 0.3 is 0 Å². The summed E-state index contributed by atoms with van der Waals surface area (Å²) in [6.45, 7) is 19.6. The fraction of sp³-hybridized carbons (Fsp3) is 0.295. The highest BCUT2D eigenvalue weighted by molar-refractivity contribution is 6.09. The van der Waals surface area contributed by atoms with Crippen LogP contribution in [-0.2, 0) is 10.8 Å². The minimum absolute atomic E-state index is 0.00880. The van der Waals surface area contributed by atoms with Crippen molar-refractivity contribution in [3.63, 3.8) is 0 Å². The van der Waals surface area contributed by atoms with Gasteiger partial charge in [-0.15, -0.1) is 0 Å². The number of rotatable bonds is 10. The van der Waals surface area contributed by atoms with Gasteiger partial charge < -0.3 is 9.47 Å². The maximum atomic E-state index is 13.0. The van der Waals surface area contributed by atoms with Gasteiger partial charge in [-0.1, -0.05) is 114 Å². The molecule has 0 aromatic heterocycles. The van der Waals surface area contributed by atoms with Gasteiger partial charge in [0.2, 0.25) is 0 Å². The maximum absolute atomic E-state index is 13.0. The average molecular weight is 625 g/mol. The first-order valence-electron chi connectivity index (χ1n) is 16.6. The Balaban J connectivity index is 1.27. The second-order valence-electron chi connectivity index (χ2n) is 14.8. The van der Waals surface area contributed by atoms with Crippen molar-refractivity contribution in [1.29, 1.82) is 0 Å². The zero-order valence-electron chi connectivity index (χ0n) is 29.3. The second kappa shape index (κ2) is 13.2. The smallest absolute Gasteiger partial charge is 0.193 e. The Morgan fingerprint density at radius 1 is 0.511 bits per heavy atom. The van der Waals surface area contributed by atoms with Crippen LogP contribution in [0.2, 0.25) is 0 Å². The van der Waals surface area contributed by atoms with Crippen LogP contribution < -0.4 is 9.47 Å². The molecule has 0 aliphatic rings. The first-order valence-corrected chi connectivity index (χ1v) is 16.6. The van der Waals surface area contributed by atoms with Crippen molar-refractivity contribution in [3.8, 4) is 17.2 Å². The minimum Gasteiger partial charge on any atom is -0.488 e. The van der Waals surface area contributed by atoms with Crippen LogP contribution in [-0.4, -0.2) is 11.4 Å². The summed E-state index contributed by atoms with van der Waals surface area (Å²) in [7, 11) is 0. The molecule has 3 heteroatoms. The molecule has 0 bridgehead atoms. The van der Waals surface area contributed by atoms with E-state index in [0.717, 1.165) is 11.5 Å². The van der Waals surface area contributed by atoms with Gasteiger partial charge in [0.05, 0.1) is 0 Å². The van der Waals surface area contributed by atoms with E-state index in [4.69, 9.17) is 9.47 Å². The van der Waals surface area contributed by atoms with Crippen LogP contribution in [0.3, 0.4) is 0 Å². The average Bonchev–Trinajstić information content (AvgIpc) is 3.04. The number of carbonyl (C=O) groups is 1.